The molecule has 0 radical (unpaired) electrons. The van der Waals surface area contributed by atoms with Crippen LogP contribution in [0.5, 0.6) is 0 Å². The Kier molecular flexibility index (Phi) is 14.0. The molecular formula is C39H48N6O6S. The van der Waals surface area contributed by atoms with E-state index in [0.717, 1.165) is 34.7 Å². The van der Waals surface area contributed by atoms with E-state index in [1.807, 2.05) is 79.9 Å². The highest BCUT2D eigenvalue weighted by atomic mass is 32.1. The van der Waals surface area contributed by atoms with E-state index in [1.54, 1.807) is 24.5 Å². The number of thiazole rings is 1. The Balaban J connectivity index is 1.25. The molecule has 276 valence electrons. The summed E-state index contributed by atoms with van der Waals surface area (Å²) in [5.41, 5.74) is 2.67. The number of allylic oxidation sites excluding steroid dienone is 2. The van der Waals surface area contributed by atoms with Crippen LogP contribution in [0.25, 0.3) is 0 Å². The molecular weight excluding hydrogens is 681 g/mol. The molecule has 13 heteroatoms. The number of carbonyl (C=O) groups is 3. The van der Waals surface area contributed by atoms with Crippen molar-refractivity contribution in [2.75, 3.05) is 7.05 Å². The Hall–Kier alpha value is -5.01. The summed E-state index contributed by atoms with van der Waals surface area (Å²) in [6.45, 7) is 3.94. The van der Waals surface area contributed by atoms with Crippen LogP contribution in [0.3, 0.4) is 0 Å². The number of hydrogen-bond acceptors (Lipinski definition) is 9. The lowest BCUT2D eigenvalue weighted by Crippen LogP contribution is -2.55. The van der Waals surface area contributed by atoms with Gasteiger partial charge in [-0.25, -0.2) is 14.6 Å². The first-order valence-corrected chi connectivity index (χ1v) is 18.5. The zero-order valence-electron chi connectivity index (χ0n) is 29.8. The maximum absolute atomic E-state index is 13.9. The summed E-state index contributed by atoms with van der Waals surface area (Å²) in [6, 6.07) is 18.2. The number of nitrogens with one attached hydrogen (secondary N) is 3. The second-order valence-corrected chi connectivity index (χ2v) is 14.4. The van der Waals surface area contributed by atoms with Gasteiger partial charge in [-0.1, -0.05) is 91.8 Å². The number of alkyl carbamates (subject to hydrolysis) is 1. The third-order valence-corrected chi connectivity index (χ3v) is 10.00. The molecule has 1 aliphatic rings. The van der Waals surface area contributed by atoms with E-state index in [9.17, 15) is 19.5 Å². The molecule has 0 saturated carbocycles. The van der Waals surface area contributed by atoms with E-state index >= 15 is 0 Å². The fraction of sp³-hybridized carbons (Fsp3) is 0.410. The maximum atomic E-state index is 13.9. The van der Waals surface area contributed by atoms with Gasteiger partial charge in [0.25, 0.3) is 0 Å². The largest absolute Gasteiger partial charge is 0.441 e. The van der Waals surface area contributed by atoms with Crippen molar-refractivity contribution in [1.82, 2.24) is 31.0 Å². The minimum Gasteiger partial charge on any atom is -0.441 e. The molecule has 2 aromatic heterocycles. The van der Waals surface area contributed by atoms with Gasteiger partial charge in [0.15, 0.2) is 12.4 Å². The maximum Gasteiger partial charge on any atom is 0.407 e. The van der Waals surface area contributed by atoms with Crippen LogP contribution in [-0.2, 0) is 35.5 Å². The van der Waals surface area contributed by atoms with Crippen LogP contribution in [0.2, 0.25) is 0 Å². The summed E-state index contributed by atoms with van der Waals surface area (Å²) >= 11 is 1.60. The van der Waals surface area contributed by atoms with Gasteiger partial charge in [-0.3, -0.25) is 4.79 Å². The summed E-state index contributed by atoms with van der Waals surface area (Å²) in [7, 11) is 1.68. The second-order valence-electron chi connectivity index (χ2n) is 13.5. The van der Waals surface area contributed by atoms with Gasteiger partial charge in [-0.05, 0) is 49.1 Å². The normalized spacial score (nSPS) is 16.1. The van der Waals surface area contributed by atoms with E-state index in [2.05, 4.69) is 33.3 Å². The van der Waals surface area contributed by atoms with Crippen molar-refractivity contribution >= 4 is 29.4 Å². The Morgan fingerprint density at radius 2 is 1.71 bits per heavy atom. The molecule has 4 aromatic rings. The predicted molar refractivity (Wildman–Crippen MR) is 198 cm³/mol. The standard InChI is InChI=1S/C39H48N6O6S/c1-26(2)35(44-38(48)45(3)23-31-25-52-37(42-31)29-16-10-11-17-29)36(47)41-30(20-27-12-6-4-7-13-27)22-34(46)33(21-28-14-8-5-9-15-28)43-39(49)50-24-32-18-19-40-51-32/h4-10,12-16,18-19,25-26,29-30,33-35,46H,11,17,20-24H2,1-3H3,(H,41,47)(H,43,49)(H,44,48)/t29?,30-,33-,34-,35-/m0/s1. The molecule has 5 atom stereocenters. The SMILES string of the molecule is CC(C)[C@H](NC(=O)N(C)Cc1csc(C2C=CCC2)n1)C(=O)N[C@@H](Cc1ccccc1)C[C@H](O)[C@H](Cc1ccccc1)NC(=O)OCc1ccno1. The van der Waals surface area contributed by atoms with Crippen LogP contribution < -0.4 is 16.0 Å². The highest BCUT2D eigenvalue weighted by Gasteiger charge is 2.31. The number of nitrogens with zero attached hydrogens (tertiary/aromatic N) is 3. The third kappa shape index (κ3) is 11.5. The van der Waals surface area contributed by atoms with Gasteiger partial charge >= 0.3 is 12.1 Å². The van der Waals surface area contributed by atoms with Gasteiger partial charge in [0.05, 0.1) is 35.6 Å². The smallest absolute Gasteiger partial charge is 0.407 e. The third-order valence-electron chi connectivity index (χ3n) is 8.97. The van der Waals surface area contributed by atoms with E-state index in [0.29, 0.717) is 31.1 Å². The highest BCUT2D eigenvalue weighted by Crippen LogP contribution is 2.30. The molecule has 4 N–H and O–H groups in total. The number of urea groups is 1. The van der Waals surface area contributed by atoms with Crippen molar-refractivity contribution in [1.29, 1.82) is 0 Å². The molecule has 0 aliphatic heterocycles. The number of aromatic nitrogens is 2. The molecule has 1 aliphatic carbocycles. The lowest BCUT2D eigenvalue weighted by Gasteiger charge is -2.30. The number of hydrogen-bond donors (Lipinski definition) is 4. The monoisotopic (exact) mass is 728 g/mol. The fourth-order valence-electron chi connectivity index (χ4n) is 6.13. The van der Waals surface area contributed by atoms with Gasteiger partial charge < -0.3 is 35.2 Å². The minimum absolute atomic E-state index is 0.113. The first-order chi connectivity index (χ1) is 25.1. The van der Waals surface area contributed by atoms with Crippen LogP contribution in [0.4, 0.5) is 9.59 Å². The topological polar surface area (TPSA) is 159 Å². The van der Waals surface area contributed by atoms with Gasteiger partial charge in [0.2, 0.25) is 5.91 Å². The summed E-state index contributed by atoms with van der Waals surface area (Å²) in [5.74, 6) is 0.116. The summed E-state index contributed by atoms with van der Waals surface area (Å²) in [5, 5.41) is 27.2. The quantitative estimate of drug-likeness (QED) is 0.100. The molecule has 0 spiro atoms. The summed E-state index contributed by atoms with van der Waals surface area (Å²) in [6.07, 6.45) is 6.97. The van der Waals surface area contributed by atoms with Gasteiger partial charge in [-0.15, -0.1) is 11.3 Å². The van der Waals surface area contributed by atoms with Crippen LogP contribution in [0.15, 0.2) is 95.0 Å². The van der Waals surface area contributed by atoms with Gasteiger partial charge in [0.1, 0.15) is 6.04 Å². The van der Waals surface area contributed by atoms with Crippen LogP contribution >= 0.6 is 11.3 Å². The van der Waals surface area contributed by atoms with Crippen LogP contribution in [-0.4, -0.2) is 69.5 Å². The molecule has 0 bridgehead atoms. The number of amides is 4. The molecule has 4 amide bonds. The molecule has 0 saturated heterocycles. The van der Waals surface area contributed by atoms with Crippen molar-refractivity contribution < 1.29 is 28.8 Å². The lowest BCUT2D eigenvalue weighted by atomic mass is 9.93. The average Bonchev–Trinajstić information content (AvgIpc) is 3.94. The summed E-state index contributed by atoms with van der Waals surface area (Å²) in [4.78, 5) is 46.4. The lowest BCUT2D eigenvalue weighted by molar-refractivity contribution is -0.124. The number of rotatable bonds is 17. The second kappa shape index (κ2) is 19.0. The molecule has 2 heterocycles. The number of carbonyl (C=O) groups excluding carboxylic acids is 3. The van der Waals surface area contributed by atoms with E-state index in [4.69, 9.17) is 14.2 Å². The number of aliphatic hydroxyl groups excluding tert-OH is 1. The molecule has 2 aromatic carbocycles. The van der Waals surface area contributed by atoms with E-state index < -0.39 is 30.3 Å². The van der Waals surface area contributed by atoms with Gasteiger partial charge in [-0.2, -0.15) is 0 Å². The van der Waals surface area contributed by atoms with Gasteiger partial charge in [0, 0.05) is 30.5 Å². The van der Waals surface area contributed by atoms with E-state index in [-0.39, 0.29) is 30.9 Å². The number of ether oxygens (including phenoxy) is 1. The number of benzene rings is 2. The molecule has 1 unspecified atom stereocenters. The first kappa shape index (κ1) is 38.2. The number of aliphatic hydroxyl groups is 1. The fourth-order valence-corrected chi connectivity index (χ4v) is 7.06. The zero-order chi connectivity index (χ0) is 36.9. The molecule has 52 heavy (non-hydrogen) atoms. The Bertz CT molecular complexity index is 1730. The Morgan fingerprint density at radius 3 is 2.35 bits per heavy atom. The first-order valence-electron chi connectivity index (χ1n) is 17.7. The van der Waals surface area contributed by atoms with Crippen molar-refractivity contribution in [3.8, 4) is 0 Å². The molecule has 5 rings (SSSR count). The van der Waals surface area contributed by atoms with Crippen molar-refractivity contribution in [3.05, 3.63) is 118 Å². The van der Waals surface area contributed by atoms with Crippen molar-refractivity contribution in [2.45, 2.75) is 89.3 Å². The van der Waals surface area contributed by atoms with Crippen LogP contribution in [0, 0.1) is 5.92 Å². The summed E-state index contributed by atoms with van der Waals surface area (Å²) < 4.78 is 10.3. The Morgan fingerprint density at radius 1 is 1.00 bits per heavy atom. The zero-order valence-corrected chi connectivity index (χ0v) is 30.6. The van der Waals surface area contributed by atoms with Crippen molar-refractivity contribution in [3.63, 3.8) is 0 Å². The molecule has 0 fully saturated rings. The van der Waals surface area contributed by atoms with Crippen LogP contribution in [0.1, 0.15) is 66.6 Å². The molecule has 12 nitrogen and oxygen atoms in total. The Labute approximate surface area is 308 Å². The minimum atomic E-state index is -1.08. The highest BCUT2D eigenvalue weighted by molar-refractivity contribution is 7.09. The van der Waals surface area contributed by atoms with E-state index in [1.165, 1.54) is 11.1 Å². The predicted octanol–water partition coefficient (Wildman–Crippen LogP) is 5.75. The average molecular weight is 729 g/mol. The van der Waals surface area contributed by atoms with Crippen molar-refractivity contribution in [2.24, 2.45) is 5.92 Å².